The van der Waals surface area contributed by atoms with Crippen LogP contribution < -0.4 is 5.32 Å². The van der Waals surface area contributed by atoms with Crippen LogP contribution in [0.3, 0.4) is 0 Å². The molecule has 0 fully saturated rings. The van der Waals surface area contributed by atoms with Crippen molar-refractivity contribution in [3.8, 4) is 0 Å². The van der Waals surface area contributed by atoms with Crippen molar-refractivity contribution in [2.24, 2.45) is 0 Å². The zero-order valence-electron chi connectivity index (χ0n) is 11.2. The van der Waals surface area contributed by atoms with Crippen molar-refractivity contribution in [2.45, 2.75) is 37.8 Å². The Morgan fingerprint density at radius 2 is 1.94 bits per heavy atom. The molecule has 0 amide bonds. The SMILES string of the molecule is COCCSc1ccccc1CNC(C)(C)C. The summed E-state index contributed by atoms with van der Waals surface area (Å²) in [7, 11) is 1.74. The van der Waals surface area contributed by atoms with Gasteiger partial charge in [-0.25, -0.2) is 0 Å². The van der Waals surface area contributed by atoms with Gasteiger partial charge in [-0.15, -0.1) is 11.8 Å². The Labute approximate surface area is 109 Å². The van der Waals surface area contributed by atoms with E-state index in [1.54, 1.807) is 7.11 Å². The molecule has 2 nitrogen and oxygen atoms in total. The Kier molecular flexibility index (Phi) is 6.03. The molecule has 1 aromatic carbocycles. The van der Waals surface area contributed by atoms with Gasteiger partial charge in [0.05, 0.1) is 6.61 Å². The van der Waals surface area contributed by atoms with E-state index in [-0.39, 0.29) is 5.54 Å². The number of rotatable bonds is 6. The molecule has 0 aromatic heterocycles. The predicted octanol–water partition coefficient (Wildman–Crippen LogP) is 3.31. The first-order valence-electron chi connectivity index (χ1n) is 5.97. The molecule has 0 radical (unpaired) electrons. The van der Waals surface area contributed by atoms with Gasteiger partial charge in [-0.2, -0.15) is 0 Å². The molecule has 1 aromatic rings. The van der Waals surface area contributed by atoms with Gasteiger partial charge >= 0.3 is 0 Å². The third-order valence-corrected chi connectivity index (χ3v) is 3.41. The fourth-order valence-electron chi connectivity index (χ4n) is 1.39. The molecule has 0 heterocycles. The van der Waals surface area contributed by atoms with Crippen molar-refractivity contribution in [1.29, 1.82) is 0 Å². The summed E-state index contributed by atoms with van der Waals surface area (Å²) in [6.45, 7) is 8.28. The molecule has 0 bridgehead atoms. The lowest BCUT2D eigenvalue weighted by atomic mass is 10.1. The molecule has 96 valence electrons. The summed E-state index contributed by atoms with van der Waals surface area (Å²) in [6, 6.07) is 8.56. The van der Waals surface area contributed by atoms with E-state index < -0.39 is 0 Å². The van der Waals surface area contributed by atoms with Crippen LogP contribution in [-0.4, -0.2) is 25.0 Å². The van der Waals surface area contributed by atoms with Gasteiger partial charge in [0.15, 0.2) is 0 Å². The molecular formula is C14H23NOS. The summed E-state index contributed by atoms with van der Waals surface area (Å²) >= 11 is 1.86. The molecule has 0 spiro atoms. The number of methoxy groups -OCH3 is 1. The molecule has 0 saturated heterocycles. The molecule has 0 aliphatic heterocycles. The van der Waals surface area contributed by atoms with Crippen LogP contribution in [0.2, 0.25) is 0 Å². The summed E-state index contributed by atoms with van der Waals surface area (Å²) in [4.78, 5) is 1.35. The third-order valence-electron chi connectivity index (χ3n) is 2.33. The van der Waals surface area contributed by atoms with Gasteiger partial charge in [0.25, 0.3) is 0 Å². The molecule has 1 N–H and O–H groups in total. The molecule has 0 unspecified atom stereocenters. The Bertz CT molecular complexity index is 333. The van der Waals surface area contributed by atoms with Crippen molar-refractivity contribution in [2.75, 3.05) is 19.5 Å². The van der Waals surface area contributed by atoms with Crippen LogP contribution in [0.15, 0.2) is 29.2 Å². The first kappa shape index (κ1) is 14.6. The Hall–Kier alpha value is -0.510. The van der Waals surface area contributed by atoms with Crippen LogP contribution in [0.5, 0.6) is 0 Å². The van der Waals surface area contributed by atoms with E-state index in [1.807, 2.05) is 11.8 Å². The highest BCUT2D eigenvalue weighted by molar-refractivity contribution is 7.99. The lowest BCUT2D eigenvalue weighted by Crippen LogP contribution is -2.35. The molecule has 17 heavy (non-hydrogen) atoms. The zero-order valence-corrected chi connectivity index (χ0v) is 12.1. The van der Waals surface area contributed by atoms with E-state index >= 15 is 0 Å². The second kappa shape index (κ2) is 7.04. The summed E-state index contributed by atoms with van der Waals surface area (Å²) in [5, 5.41) is 3.52. The second-order valence-electron chi connectivity index (χ2n) is 5.05. The average Bonchev–Trinajstić information content (AvgIpc) is 2.27. The maximum Gasteiger partial charge on any atom is 0.0556 e. The maximum absolute atomic E-state index is 5.08. The largest absolute Gasteiger partial charge is 0.384 e. The summed E-state index contributed by atoms with van der Waals surface area (Å²) in [5.74, 6) is 1.00. The van der Waals surface area contributed by atoms with Crippen LogP contribution in [-0.2, 0) is 11.3 Å². The summed E-state index contributed by atoms with van der Waals surface area (Å²) in [5.41, 5.74) is 1.52. The monoisotopic (exact) mass is 253 g/mol. The predicted molar refractivity (Wildman–Crippen MR) is 75.6 cm³/mol. The van der Waals surface area contributed by atoms with Crippen LogP contribution >= 0.6 is 11.8 Å². The average molecular weight is 253 g/mol. The quantitative estimate of drug-likeness (QED) is 0.621. The molecule has 0 aliphatic carbocycles. The highest BCUT2D eigenvalue weighted by atomic mass is 32.2. The van der Waals surface area contributed by atoms with Crippen molar-refractivity contribution >= 4 is 11.8 Å². The standard InChI is InChI=1S/C14H23NOS/c1-14(2,3)15-11-12-7-5-6-8-13(12)17-10-9-16-4/h5-8,15H,9-11H2,1-4H3. The second-order valence-corrected chi connectivity index (χ2v) is 6.19. The number of nitrogens with one attached hydrogen (secondary N) is 1. The van der Waals surface area contributed by atoms with Crippen LogP contribution in [0.25, 0.3) is 0 Å². The first-order chi connectivity index (χ1) is 8.03. The topological polar surface area (TPSA) is 21.3 Å². The normalized spacial score (nSPS) is 11.8. The number of thioether (sulfide) groups is 1. The van der Waals surface area contributed by atoms with Crippen LogP contribution in [0, 0.1) is 0 Å². The van der Waals surface area contributed by atoms with Crippen molar-refractivity contribution in [1.82, 2.24) is 5.32 Å². The highest BCUT2D eigenvalue weighted by Gasteiger charge is 2.10. The van der Waals surface area contributed by atoms with Gasteiger partial charge < -0.3 is 10.1 Å². The summed E-state index contributed by atoms with van der Waals surface area (Å²) < 4.78 is 5.08. The van der Waals surface area contributed by atoms with Crippen molar-refractivity contribution in [3.63, 3.8) is 0 Å². The lowest BCUT2D eigenvalue weighted by Gasteiger charge is -2.21. The van der Waals surface area contributed by atoms with Crippen LogP contribution in [0.4, 0.5) is 0 Å². The smallest absolute Gasteiger partial charge is 0.0556 e. The Morgan fingerprint density at radius 1 is 1.24 bits per heavy atom. The number of benzene rings is 1. The molecule has 1 rings (SSSR count). The van der Waals surface area contributed by atoms with Gasteiger partial charge in [-0.05, 0) is 32.4 Å². The third kappa shape index (κ3) is 6.10. The molecular weight excluding hydrogens is 230 g/mol. The number of ether oxygens (including phenoxy) is 1. The Balaban J connectivity index is 2.58. The highest BCUT2D eigenvalue weighted by Crippen LogP contribution is 2.22. The number of hydrogen-bond donors (Lipinski definition) is 1. The van der Waals surface area contributed by atoms with Gasteiger partial charge in [-0.3, -0.25) is 0 Å². The van der Waals surface area contributed by atoms with E-state index in [1.165, 1.54) is 10.5 Å². The maximum atomic E-state index is 5.08. The minimum absolute atomic E-state index is 0.157. The van der Waals surface area contributed by atoms with Gasteiger partial charge in [0.2, 0.25) is 0 Å². The van der Waals surface area contributed by atoms with Gasteiger partial charge in [0.1, 0.15) is 0 Å². The lowest BCUT2D eigenvalue weighted by molar-refractivity contribution is 0.218. The van der Waals surface area contributed by atoms with Crippen molar-refractivity contribution in [3.05, 3.63) is 29.8 Å². The zero-order chi connectivity index (χ0) is 12.7. The van der Waals surface area contributed by atoms with E-state index in [2.05, 4.69) is 50.4 Å². The van der Waals surface area contributed by atoms with Gasteiger partial charge in [0, 0.05) is 29.8 Å². The molecule has 0 atom stereocenters. The fraction of sp³-hybridized carbons (Fsp3) is 0.571. The molecule has 0 aliphatic rings. The molecule has 0 saturated carbocycles. The Morgan fingerprint density at radius 3 is 2.59 bits per heavy atom. The van der Waals surface area contributed by atoms with Gasteiger partial charge in [-0.1, -0.05) is 18.2 Å². The van der Waals surface area contributed by atoms with Crippen LogP contribution in [0.1, 0.15) is 26.3 Å². The number of hydrogen-bond acceptors (Lipinski definition) is 3. The molecule has 3 heteroatoms. The van der Waals surface area contributed by atoms with E-state index in [9.17, 15) is 0 Å². The van der Waals surface area contributed by atoms with E-state index in [0.29, 0.717) is 0 Å². The van der Waals surface area contributed by atoms with E-state index in [0.717, 1.165) is 18.9 Å². The first-order valence-corrected chi connectivity index (χ1v) is 6.96. The summed E-state index contributed by atoms with van der Waals surface area (Å²) in [6.07, 6.45) is 0. The van der Waals surface area contributed by atoms with E-state index in [4.69, 9.17) is 4.74 Å². The minimum Gasteiger partial charge on any atom is -0.384 e. The van der Waals surface area contributed by atoms with Crippen molar-refractivity contribution < 1.29 is 4.74 Å². The minimum atomic E-state index is 0.157. The fourth-order valence-corrected chi connectivity index (χ4v) is 2.36.